The average molecular weight is 404 g/mol. The highest BCUT2D eigenvalue weighted by Gasteiger charge is 2.40. The number of carbonyl (C=O) groups is 2. The van der Waals surface area contributed by atoms with Crippen molar-refractivity contribution < 1.29 is 19.4 Å². The van der Waals surface area contributed by atoms with Gasteiger partial charge >= 0.3 is 0 Å². The third-order valence-corrected chi connectivity index (χ3v) is 6.40. The van der Waals surface area contributed by atoms with Gasteiger partial charge in [-0.15, -0.1) is 0 Å². The molecule has 2 fully saturated rings. The largest absolute Gasteiger partial charge is 0.391 e. The molecule has 0 radical (unpaired) electrons. The van der Waals surface area contributed by atoms with Gasteiger partial charge in [-0.3, -0.25) is 14.5 Å². The summed E-state index contributed by atoms with van der Waals surface area (Å²) in [5.74, 6) is -0.627. The van der Waals surface area contributed by atoms with Crippen LogP contribution in [0.25, 0.3) is 0 Å². The molecule has 1 aromatic rings. The highest BCUT2D eigenvalue weighted by molar-refractivity contribution is 5.82. The molecule has 1 aromatic carbocycles. The topological polar surface area (TPSA) is 105 Å². The first kappa shape index (κ1) is 21.7. The molecule has 7 nitrogen and oxygen atoms in total. The number of nitrogens with one attached hydrogen (secondary N) is 1. The Hall–Kier alpha value is -1.96. The summed E-state index contributed by atoms with van der Waals surface area (Å²) in [5.41, 5.74) is 6.11. The molecule has 7 heteroatoms. The number of aliphatic hydroxyl groups excluding tert-OH is 1. The molecule has 1 aliphatic heterocycles. The number of amides is 2. The smallest absolute Gasteiger partial charge is 0.220 e. The van der Waals surface area contributed by atoms with Crippen molar-refractivity contribution in [3.8, 4) is 0 Å². The van der Waals surface area contributed by atoms with Gasteiger partial charge in [-0.25, -0.2) is 0 Å². The van der Waals surface area contributed by atoms with Crippen LogP contribution in [0.1, 0.15) is 44.1 Å². The summed E-state index contributed by atoms with van der Waals surface area (Å²) in [7, 11) is 0. The number of aliphatic hydroxyl groups is 1. The number of hydrogen-bond acceptors (Lipinski definition) is 5. The predicted molar refractivity (Wildman–Crippen MR) is 110 cm³/mol. The van der Waals surface area contributed by atoms with Crippen molar-refractivity contribution in [2.45, 2.75) is 56.1 Å². The number of carbonyl (C=O) groups excluding carboxylic acids is 2. The van der Waals surface area contributed by atoms with E-state index in [-0.39, 0.29) is 36.3 Å². The predicted octanol–water partition coefficient (Wildman–Crippen LogP) is 0.942. The van der Waals surface area contributed by atoms with Gasteiger partial charge in [0.15, 0.2) is 0 Å². The van der Waals surface area contributed by atoms with Crippen LogP contribution in [0.2, 0.25) is 0 Å². The maximum Gasteiger partial charge on any atom is 0.220 e. The zero-order valence-corrected chi connectivity index (χ0v) is 17.0. The third kappa shape index (κ3) is 5.78. The van der Waals surface area contributed by atoms with Crippen LogP contribution >= 0.6 is 0 Å². The van der Waals surface area contributed by atoms with Gasteiger partial charge in [0.2, 0.25) is 11.8 Å². The lowest BCUT2D eigenvalue weighted by molar-refractivity contribution is -0.125. The fourth-order valence-corrected chi connectivity index (χ4v) is 4.65. The first-order valence-corrected chi connectivity index (χ1v) is 10.6. The number of morpholine rings is 1. The fourth-order valence-electron chi connectivity index (χ4n) is 4.65. The molecule has 0 spiro atoms. The second-order valence-corrected chi connectivity index (χ2v) is 8.25. The van der Waals surface area contributed by atoms with Crippen LogP contribution in [0.15, 0.2) is 30.3 Å². The van der Waals surface area contributed by atoms with Crippen LogP contribution in [-0.2, 0) is 19.7 Å². The third-order valence-electron chi connectivity index (χ3n) is 6.40. The standard InChI is InChI=1S/C22H33N3O4/c23-20(27)6-7-21(28)24-16-22(17-4-2-1-3-5-17)10-8-18(19(26)9-11-22)25-12-14-29-15-13-25/h1-5,18-19,26H,6-16H2,(H2,23,27)(H,24,28)/t18-,19-,22-/m1/s1. The Bertz CT molecular complexity index is 678. The first-order chi connectivity index (χ1) is 14.0. The van der Waals surface area contributed by atoms with E-state index in [0.29, 0.717) is 26.2 Å². The van der Waals surface area contributed by atoms with E-state index in [4.69, 9.17) is 10.5 Å². The van der Waals surface area contributed by atoms with Gasteiger partial charge in [-0.2, -0.15) is 0 Å². The minimum absolute atomic E-state index is 0.0575. The van der Waals surface area contributed by atoms with E-state index < -0.39 is 5.91 Å². The van der Waals surface area contributed by atoms with Crippen LogP contribution in [0.3, 0.4) is 0 Å². The summed E-state index contributed by atoms with van der Waals surface area (Å²) >= 11 is 0. The van der Waals surface area contributed by atoms with Crippen LogP contribution in [0.4, 0.5) is 0 Å². The molecule has 1 aliphatic carbocycles. The van der Waals surface area contributed by atoms with E-state index >= 15 is 0 Å². The molecule has 4 N–H and O–H groups in total. The van der Waals surface area contributed by atoms with E-state index in [1.165, 1.54) is 5.56 Å². The van der Waals surface area contributed by atoms with Gasteiger partial charge in [0, 0.05) is 43.9 Å². The maximum atomic E-state index is 12.2. The van der Waals surface area contributed by atoms with Crippen molar-refractivity contribution in [1.82, 2.24) is 10.2 Å². The monoisotopic (exact) mass is 403 g/mol. The number of rotatable bonds is 7. The molecule has 0 bridgehead atoms. The lowest BCUT2D eigenvalue weighted by atomic mass is 9.74. The number of primary amides is 1. The molecule has 2 aliphatic rings. The van der Waals surface area contributed by atoms with Crippen LogP contribution < -0.4 is 11.1 Å². The minimum atomic E-state index is -0.469. The molecule has 0 aromatic heterocycles. The number of ether oxygens (including phenoxy) is 1. The van der Waals surface area contributed by atoms with Gasteiger partial charge in [0.1, 0.15) is 0 Å². The summed E-state index contributed by atoms with van der Waals surface area (Å²) < 4.78 is 5.47. The first-order valence-electron chi connectivity index (χ1n) is 10.6. The molecule has 1 heterocycles. The van der Waals surface area contributed by atoms with Crippen LogP contribution in [0.5, 0.6) is 0 Å². The Balaban J connectivity index is 1.73. The van der Waals surface area contributed by atoms with Gasteiger partial charge in [-0.05, 0) is 31.2 Å². The zero-order chi connectivity index (χ0) is 20.7. The summed E-state index contributed by atoms with van der Waals surface area (Å²) in [4.78, 5) is 25.5. The number of benzene rings is 1. The highest BCUT2D eigenvalue weighted by atomic mass is 16.5. The van der Waals surface area contributed by atoms with Gasteiger partial charge < -0.3 is 20.9 Å². The SMILES string of the molecule is NC(=O)CCC(=O)NC[C@]1(c2ccccc2)CC[C@@H](O)[C@H](N2CCOCC2)CC1. The Morgan fingerprint density at radius 1 is 1.14 bits per heavy atom. The minimum Gasteiger partial charge on any atom is -0.391 e. The van der Waals surface area contributed by atoms with E-state index in [0.717, 1.165) is 32.4 Å². The zero-order valence-electron chi connectivity index (χ0n) is 17.0. The fraction of sp³-hybridized carbons (Fsp3) is 0.636. The second kappa shape index (κ2) is 10.2. The van der Waals surface area contributed by atoms with Gasteiger partial charge in [-0.1, -0.05) is 30.3 Å². The maximum absolute atomic E-state index is 12.2. The number of nitrogens with two attached hydrogens (primary N) is 1. The number of nitrogens with zero attached hydrogens (tertiary/aromatic N) is 1. The molecule has 2 amide bonds. The Morgan fingerprint density at radius 2 is 1.83 bits per heavy atom. The summed E-state index contributed by atoms with van der Waals surface area (Å²) in [5, 5.41) is 13.9. The summed E-state index contributed by atoms with van der Waals surface area (Å²) in [6, 6.07) is 10.4. The molecular weight excluding hydrogens is 370 g/mol. The Labute approximate surface area is 172 Å². The Morgan fingerprint density at radius 3 is 2.52 bits per heavy atom. The second-order valence-electron chi connectivity index (χ2n) is 8.25. The summed E-state index contributed by atoms with van der Waals surface area (Å²) in [6.45, 7) is 3.62. The number of hydrogen-bond donors (Lipinski definition) is 3. The molecule has 1 saturated carbocycles. The van der Waals surface area contributed by atoms with Crippen molar-refractivity contribution in [1.29, 1.82) is 0 Å². The van der Waals surface area contributed by atoms with E-state index in [2.05, 4.69) is 22.3 Å². The molecule has 160 valence electrons. The van der Waals surface area contributed by atoms with Gasteiger partial charge in [0.05, 0.1) is 19.3 Å². The molecule has 3 atom stereocenters. The Kier molecular flexibility index (Phi) is 7.64. The molecule has 1 saturated heterocycles. The van der Waals surface area contributed by atoms with Crippen molar-refractivity contribution in [3.63, 3.8) is 0 Å². The molecule has 3 rings (SSSR count). The van der Waals surface area contributed by atoms with Crippen molar-refractivity contribution in [3.05, 3.63) is 35.9 Å². The van der Waals surface area contributed by atoms with E-state index in [1.807, 2.05) is 18.2 Å². The van der Waals surface area contributed by atoms with Crippen LogP contribution in [0, 0.1) is 0 Å². The lowest BCUT2D eigenvalue weighted by Gasteiger charge is -2.37. The molecule has 29 heavy (non-hydrogen) atoms. The quantitative estimate of drug-likeness (QED) is 0.588. The van der Waals surface area contributed by atoms with Crippen molar-refractivity contribution in [2.24, 2.45) is 5.73 Å². The van der Waals surface area contributed by atoms with E-state index in [1.54, 1.807) is 0 Å². The highest BCUT2D eigenvalue weighted by Crippen LogP contribution is 2.39. The van der Waals surface area contributed by atoms with Crippen molar-refractivity contribution >= 4 is 11.8 Å². The molecular formula is C22H33N3O4. The normalized spacial score (nSPS) is 28.4. The van der Waals surface area contributed by atoms with E-state index in [9.17, 15) is 14.7 Å². The summed E-state index contributed by atoms with van der Waals surface area (Å²) in [6.07, 6.45) is 3.02. The van der Waals surface area contributed by atoms with Crippen LogP contribution in [-0.4, -0.2) is 66.8 Å². The average Bonchev–Trinajstić information content (AvgIpc) is 2.92. The van der Waals surface area contributed by atoms with Crippen molar-refractivity contribution in [2.75, 3.05) is 32.8 Å². The van der Waals surface area contributed by atoms with Gasteiger partial charge in [0.25, 0.3) is 0 Å². The lowest BCUT2D eigenvalue weighted by Crippen LogP contribution is -2.48. The molecule has 0 unspecified atom stereocenters.